The highest BCUT2D eigenvalue weighted by molar-refractivity contribution is 5.85. The van der Waals surface area contributed by atoms with E-state index in [1.165, 1.54) is 0 Å². The fourth-order valence-corrected chi connectivity index (χ4v) is 4.37. The fourth-order valence-electron chi connectivity index (χ4n) is 4.37. The lowest BCUT2D eigenvalue weighted by Gasteiger charge is -2.34. The largest absolute Gasteiger partial charge is 0.485 e. The van der Waals surface area contributed by atoms with Gasteiger partial charge in [-0.05, 0) is 53.6 Å². The number of aryl methyl sites for hydroxylation is 1. The van der Waals surface area contributed by atoms with Gasteiger partial charge in [0.1, 0.15) is 12.4 Å². The Labute approximate surface area is 203 Å². The molecule has 0 bridgehead atoms. The predicted molar refractivity (Wildman–Crippen MR) is 136 cm³/mol. The molecule has 0 radical (unpaired) electrons. The third-order valence-electron chi connectivity index (χ3n) is 6.82. The minimum atomic E-state index is -0.815. The third kappa shape index (κ3) is 6.24. The number of aliphatic carboxylic acids is 1. The Morgan fingerprint density at radius 1 is 0.882 bits per heavy atom. The van der Waals surface area contributed by atoms with Gasteiger partial charge in [-0.15, -0.1) is 0 Å². The van der Waals surface area contributed by atoms with E-state index in [2.05, 4.69) is 38.1 Å². The van der Waals surface area contributed by atoms with E-state index in [9.17, 15) is 9.59 Å². The first-order valence-electron chi connectivity index (χ1n) is 12.1. The van der Waals surface area contributed by atoms with Crippen LogP contribution in [0.5, 0.6) is 5.75 Å². The van der Waals surface area contributed by atoms with Crippen LogP contribution in [0.3, 0.4) is 0 Å². The lowest BCUT2D eigenvalue weighted by Crippen LogP contribution is -2.28. The van der Waals surface area contributed by atoms with Gasteiger partial charge < -0.3 is 21.3 Å². The summed E-state index contributed by atoms with van der Waals surface area (Å²) >= 11 is 0. The van der Waals surface area contributed by atoms with E-state index in [0.717, 1.165) is 40.7 Å². The van der Waals surface area contributed by atoms with E-state index in [4.69, 9.17) is 21.3 Å². The van der Waals surface area contributed by atoms with Gasteiger partial charge in [-0.2, -0.15) is 0 Å². The summed E-state index contributed by atoms with van der Waals surface area (Å²) < 4.78 is 5.86. The molecule has 2 rings (SSSR count). The second-order valence-corrected chi connectivity index (χ2v) is 9.86. The van der Waals surface area contributed by atoms with Crippen LogP contribution >= 0.6 is 0 Å². The Hall–Kier alpha value is -2.70. The van der Waals surface area contributed by atoms with Crippen LogP contribution in [-0.2, 0) is 34.5 Å². The van der Waals surface area contributed by atoms with Crippen LogP contribution in [0, 0.1) is 5.41 Å². The molecule has 0 saturated heterocycles. The summed E-state index contributed by atoms with van der Waals surface area (Å²) in [5, 5.41) is 9.06. The summed E-state index contributed by atoms with van der Waals surface area (Å²) in [4.78, 5) is 23.3. The highest BCUT2D eigenvalue weighted by Gasteiger charge is 2.32. The molecule has 0 aliphatic heterocycles. The van der Waals surface area contributed by atoms with Crippen LogP contribution in [-0.4, -0.2) is 23.5 Å². The number of hydrogen-bond acceptors (Lipinski definition) is 5. The number of benzene rings is 2. The van der Waals surface area contributed by atoms with Crippen molar-refractivity contribution >= 4 is 11.8 Å². The number of hydrogen-bond donors (Lipinski definition) is 3. The van der Waals surface area contributed by atoms with Gasteiger partial charge in [0.25, 0.3) is 0 Å². The van der Waals surface area contributed by atoms with E-state index in [-0.39, 0.29) is 24.2 Å². The van der Waals surface area contributed by atoms with E-state index >= 15 is 0 Å². The quantitative estimate of drug-likeness (QED) is 0.415. The molecular formula is C28H40N2O4. The molecular weight excluding hydrogens is 428 g/mol. The van der Waals surface area contributed by atoms with Gasteiger partial charge in [-0.25, -0.2) is 0 Å². The summed E-state index contributed by atoms with van der Waals surface area (Å²) in [5.74, 6) is -0.144. The van der Waals surface area contributed by atoms with Crippen molar-refractivity contribution in [3.05, 3.63) is 64.2 Å². The number of carboxylic acids is 1. The van der Waals surface area contributed by atoms with Crippen molar-refractivity contribution in [3.63, 3.8) is 0 Å². The first kappa shape index (κ1) is 27.5. The minimum absolute atomic E-state index is 0.0141. The Kier molecular flexibility index (Phi) is 9.42. The average Bonchev–Trinajstić information content (AvgIpc) is 2.82. The van der Waals surface area contributed by atoms with Gasteiger partial charge in [0, 0.05) is 35.9 Å². The molecule has 0 saturated carbocycles. The molecule has 2 aromatic rings. The van der Waals surface area contributed by atoms with Crippen LogP contribution in [0.2, 0.25) is 0 Å². The zero-order chi connectivity index (χ0) is 25.5. The van der Waals surface area contributed by atoms with E-state index < -0.39 is 11.4 Å². The van der Waals surface area contributed by atoms with Crippen molar-refractivity contribution in [1.29, 1.82) is 0 Å². The molecule has 34 heavy (non-hydrogen) atoms. The van der Waals surface area contributed by atoms with Gasteiger partial charge in [-0.3, -0.25) is 9.59 Å². The van der Waals surface area contributed by atoms with Gasteiger partial charge in [0.15, 0.2) is 5.78 Å². The van der Waals surface area contributed by atoms with Gasteiger partial charge in [0.05, 0.1) is 0 Å². The standard InChI is InChI=1S/C28H40N2O4/c1-6-28(7-2,22-10-8-19(9-13-26(32)33)20(14-22)16-29)23-11-12-24(21(15-23)17-30)34-18-25(31)27(3,4)5/h8,10-12,14-15H,6-7,9,13,16-18,29-30H2,1-5H3,(H,32,33). The zero-order valence-corrected chi connectivity index (χ0v) is 21.2. The smallest absolute Gasteiger partial charge is 0.303 e. The lowest BCUT2D eigenvalue weighted by molar-refractivity contribution is -0.137. The average molecular weight is 469 g/mol. The van der Waals surface area contributed by atoms with Crippen molar-refractivity contribution in [2.24, 2.45) is 16.9 Å². The Bertz CT molecular complexity index is 1000. The molecule has 0 atom stereocenters. The summed E-state index contributed by atoms with van der Waals surface area (Å²) in [6.45, 7) is 10.6. The lowest BCUT2D eigenvalue weighted by atomic mass is 9.69. The molecule has 0 heterocycles. The molecule has 0 spiro atoms. The van der Waals surface area contributed by atoms with Crippen molar-refractivity contribution in [3.8, 4) is 5.75 Å². The Balaban J connectivity index is 2.45. The summed E-state index contributed by atoms with van der Waals surface area (Å²) in [7, 11) is 0. The van der Waals surface area contributed by atoms with Crippen LogP contribution in [0.15, 0.2) is 36.4 Å². The number of Topliss-reactive ketones (excluding diaryl/α,β-unsaturated/α-hetero) is 1. The van der Waals surface area contributed by atoms with Gasteiger partial charge in [0.2, 0.25) is 0 Å². The molecule has 0 amide bonds. The molecule has 0 aliphatic carbocycles. The first-order valence-corrected chi connectivity index (χ1v) is 12.1. The number of carboxylic acid groups (broad SMARTS) is 1. The van der Waals surface area contributed by atoms with Crippen LogP contribution in [0.4, 0.5) is 0 Å². The topological polar surface area (TPSA) is 116 Å². The number of ether oxygens (including phenoxy) is 1. The van der Waals surface area contributed by atoms with Crippen molar-refractivity contribution in [1.82, 2.24) is 0 Å². The summed E-state index contributed by atoms with van der Waals surface area (Å²) in [6.07, 6.45) is 2.28. The second kappa shape index (κ2) is 11.6. The normalized spacial score (nSPS) is 12.0. The number of nitrogens with two attached hydrogens (primary N) is 2. The molecule has 0 aliphatic rings. The summed E-state index contributed by atoms with van der Waals surface area (Å²) in [6, 6.07) is 12.3. The number of rotatable bonds is 12. The van der Waals surface area contributed by atoms with Crippen LogP contribution in [0.1, 0.15) is 81.7 Å². The SMILES string of the molecule is CCC(CC)(c1ccc(CCC(=O)O)c(CN)c1)c1ccc(OCC(=O)C(C)(C)C)c(CN)c1. The third-order valence-corrected chi connectivity index (χ3v) is 6.82. The molecule has 6 heteroatoms. The Morgan fingerprint density at radius 3 is 1.94 bits per heavy atom. The van der Waals surface area contributed by atoms with E-state index in [1.807, 2.05) is 32.9 Å². The fraction of sp³-hybridized carbons (Fsp3) is 0.500. The number of carbonyl (C=O) groups excluding carboxylic acids is 1. The summed E-state index contributed by atoms with van der Waals surface area (Å²) in [5.41, 5.74) is 16.5. The molecule has 0 aromatic heterocycles. The molecule has 5 N–H and O–H groups in total. The first-order chi connectivity index (χ1) is 16.0. The highest BCUT2D eigenvalue weighted by Crippen LogP contribution is 2.41. The van der Waals surface area contributed by atoms with E-state index in [1.54, 1.807) is 0 Å². The van der Waals surface area contributed by atoms with Crippen molar-refractivity contribution < 1.29 is 19.4 Å². The number of carbonyl (C=O) groups is 2. The van der Waals surface area contributed by atoms with Crippen molar-refractivity contribution in [2.45, 2.75) is 78.8 Å². The molecule has 6 nitrogen and oxygen atoms in total. The monoisotopic (exact) mass is 468 g/mol. The zero-order valence-electron chi connectivity index (χ0n) is 21.2. The van der Waals surface area contributed by atoms with Crippen LogP contribution in [0.25, 0.3) is 0 Å². The predicted octanol–water partition coefficient (Wildman–Crippen LogP) is 4.72. The molecule has 0 unspecified atom stereocenters. The Morgan fingerprint density at radius 2 is 1.44 bits per heavy atom. The van der Waals surface area contributed by atoms with Gasteiger partial charge in [-0.1, -0.05) is 58.9 Å². The van der Waals surface area contributed by atoms with E-state index in [0.29, 0.717) is 25.3 Å². The number of ketones is 1. The van der Waals surface area contributed by atoms with Crippen molar-refractivity contribution in [2.75, 3.05) is 6.61 Å². The maximum atomic E-state index is 12.3. The highest BCUT2D eigenvalue weighted by atomic mass is 16.5. The second-order valence-electron chi connectivity index (χ2n) is 9.86. The molecule has 186 valence electrons. The minimum Gasteiger partial charge on any atom is -0.485 e. The van der Waals surface area contributed by atoms with Crippen LogP contribution < -0.4 is 16.2 Å². The maximum absolute atomic E-state index is 12.3. The van der Waals surface area contributed by atoms with Gasteiger partial charge >= 0.3 is 5.97 Å². The molecule has 0 fully saturated rings. The maximum Gasteiger partial charge on any atom is 0.303 e. The molecule has 2 aromatic carbocycles.